The van der Waals surface area contributed by atoms with Crippen molar-refractivity contribution in [2.45, 2.75) is 44.2 Å². The number of nitrogens with one attached hydrogen (secondary N) is 1. The van der Waals surface area contributed by atoms with Crippen LogP contribution in [0, 0.1) is 5.92 Å². The molecule has 25 heavy (non-hydrogen) atoms. The summed E-state index contributed by atoms with van der Waals surface area (Å²) in [4.78, 5) is 40.7. The highest BCUT2D eigenvalue weighted by atomic mass is 16.2. The van der Waals surface area contributed by atoms with Crippen molar-refractivity contribution < 1.29 is 14.4 Å². The summed E-state index contributed by atoms with van der Waals surface area (Å²) in [5, 5.41) is 2.80. The van der Waals surface area contributed by atoms with Gasteiger partial charge in [0.2, 0.25) is 5.91 Å². The van der Waals surface area contributed by atoms with Crippen molar-refractivity contribution in [3.8, 4) is 0 Å². The molecule has 2 heterocycles. The van der Waals surface area contributed by atoms with E-state index in [4.69, 9.17) is 0 Å². The maximum atomic E-state index is 12.8. The van der Waals surface area contributed by atoms with Crippen molar-refractivity contribution in [3.05, 3.63) is 35.9 Å². The molecule has 0 radical (unpaired) electrons. The average Bonchev–Trinajstić information content (AvgIpc) is 3.32. The molecular weight excluding hydrogens is 318 g/mol. The Balaban J connectivity index is 1.48. The Kier molecular flexibility index (Phi) is 3.78. The van der Waals surface area contributed by atoms with Gasteiger partial charge in [-0.15, -0.1) is 0 Å². The lowest BCUT2D eigenvalue weighted by atomic mass is 9.96. The summed E-state index contributed by atoms with van der Waals surface area (Å²) in [6.45, 7) is 2.27. The molecule has 132 valence electrons. The van der Waals surface area contributed by atoms with E-state index in [-0.39, 0.29) is 30.3 Å². The molecule has 1 N–H and O–H groups in total. The van der Waals surface area contributed by atoms with E-state index in [1.165, 1.54) is 0 Å². The van der Waals surface area contributed by atoms with Crippen LogP contribution < -0.4 is 5.32 Å². The van der Waals surface area contributed by atoms with E-state index in [9.17, 15) is 14.4 Å². The number of carbonyl (C=O) groups is 3. The summed E-state index contributed by atoms with van der Waals surface area (Å²) in [6.07, 6.45) is 3.75. The lowest BCUT2D eigenvalue weighted by Crippen LogP contribution is -2.47. The van der Waals surface area contributed by atoms with Crippen LogP contribution in [0.15, 0.2) is 30.3 Å². The van der Waals surface area contributed by atoms with Crippen LogP contribution in [0.1, 0.15) is 44.2 Å². The first-order chi connectivity index (χ1) is 12.0. The fourth-order valence-corrected chi connectivity index (χ4v) is 4.11. The van der Waals surface area contributed by atoms with Gasteiger partial charge in [-0.1, -0.05) is 30.3 Å². The predicted molar refractivity (Wildman–Crippen MR) is 91.5 cm³/mol. The van der Waals surface area contributed by atoms with Crippen molar-refractivity contribution in [3.63, 3.8) is 0 Å². The molecule has 2 atom stereocenters. The highest BCUT2D eigenvalue weighted by Gasteiger charge is 2.56. The summed E-state index contributed by atoms with van der Waals surface area (Å²) in [7, 11) is 0. The lowest BCUT2D eigenvalue weighted by molar-refractivity contribution is -0.139. The summed E-state index contributed by atoms with van der Waals surface area (Å²) >= 11 is 0. The van der Waals surface area contributed by atoms with E-state index in [1.54, 1.807) is 6.92 Å². The summed E-state index contributed by atoms with van der Waals surface area (Å²) in [5.74, 6) is -0.216. The van der Waals surface area contributed by atoms with Crippen LogP contribution in [-0.4, -0.2) is 46.3 Å². The Labute approximate surface area is 147 Å². The minimum atomic E-state index is -0.832. The normalized spacial score (nSPS) is 29.2. The highest BCUT2D eigenvalue weighted by Crippen LogP contribution is 2.42. The van der Waals surface area contributed by atoms with Gasteiger partial charge < -0.3 is 10.2 Å². The Hall–Kier alpha value is -2.37. The van der Waals surface area contributed by atoms with Crippen molar-refractivity contribution in [2.75, 3.05) is 13.1 Å². The number of urea groups is 1. The number of carbonyl (C=O) groups excluding carboxylic acids is 3. The molecule has 1 aromatic rings. The van der Waals surface area contributed by atoms with Gasteiger partial charge in [-0.05, 0) is 44.1 Å². The molecule has 1 aliphatic carbocycles. The highest BCUT2D eigenvalue weighted by molar-refractivity contribution is 6.09. The number of hydrogen-bond donors (Lipinski definition) is 1. The molecule has 0 spiro atoms. The first kappa shape index (κ1) is 16.1. The smallest absolute Gasteiger partial charge is 0.325 e. The van der Waals surface area contributed by atoms with Gasteiger partial charge in [0.25, 0.3) is 5.91 Å². The Morgan fingerprint density at radius 1 is 1.20 bits per heavy atom. The quantitative estimate of drug-likeness (QED) is 0.853. The Bertz CT molecular complexity index is 716. The number of hydrogen-bond acceptors (Lipinski definition) is 3. The molecule has 3 fully saturated rings. The van der Waals surface area contributed by atoms with Crippen LogP contribution in [0.25, 0.3) is 0 Å². The summed E-state index contributed by atoms with van der Waals surface area (Å²) < 4.78 is 0. The molecule has 1 saturated carbocycles. The second-order valence-corrected chi connectivity index (χ2v) is 7.45. The van der Waals surface area contributed by atoms with Crippen molar-refractivity contribution >= 4 is 17.8 Å². The third kappa shape index (κ3) is 2.69. The third-order valence-electron chi connectivity index (χ3n) is 5.75. The third-order valence-corrected chi connectivity index (χ3v) is 5.75. The van der Waals surface area contributed by atoms with Crippen LogP contribution in [-0.2, 0) is 9.59 Å². The van der Waals surface area contributed by atoms with Crippen LogP contribution in [0.2, 0.25) is 0 Å². The molecule has 6 heteroatoms. The van der Waals surface area contributed by atoms with Crippen molar-refractivity contribution in [1.29, 1.82) is 0 Å². The Morgan fingerprint density at radius 2 is 1.92 bits per heavy atom. The minimum Gasteiger partial charge on any atom is -0.334 e. The number of imide groups is 1. The van der Waals surface area contributed by atoms with Gasteiger partial charge in [0, 0.05) is 6.54 Å². The molecule has 2 aliphatic heterocycles. The molecule has 0 unspecified atom stereocenters. The molecule has 3 aliphatic rings. The predicted octanol–water partition coefficient (Wildman–Crippen LogP) is 2.07. The summed E-state index contributed by atoms with van der Waals surface area (Å²) in [6, 6.07) is 9.52. The van der Waals surface area contributed by atoms with Crippen molar-refractivity contribution in [2.24, 2.45) is 5.92 Å². The second-order valence-electron chi connectivity index (χ2n) is 7.45. The fourth-order valence-electron chi connectivity index (χ4n) is 4.11. The maximum Gasteiger partial charge on any atom is 0.325 e. The fraction of sp³-hybridized carbons (Fsp3) is 0.526. The topological polar surface area (TPSA) is 69.7 Å². The number of nitrogens with zero attached hydrogens (tertiary/aromatic N) is 2. The maximum absolute atomic E-state index is 12.8. The van der Waals surface area contributed by atoms with Crippen LogP contribution in [0.5, 0.6) is 0 Å². The van der Waals surface area contributed by atoms with E-state index < -0.39 is 11.6 Å². The zero-order valence-electron chi connectivity index (χ0n) is 14.4. The van der Waals surface area contributed by atoms with E-state index in [0.717, 1.165) is 36.1 Å². The monoisotopic (exact) mass is 341 g/mol. The SMILES string of the molecule is C[C@]1(C2CC2)NC(=O)N(CC(=O)N2CCC[C@@H]2c2ccccc2)C1=O. The van der Waals surface area contributed by atoms with Crippen molar-refractivity contribution in [1.82, 2.24) is 15.1 Å². The van der Waals surface area contributed by atoms with Gasteiger partial charge in [-0.2, -0.15) is 0 Å². The van der Waals surface area contributed by atoms with E-state index in [1.807, 2.05) is 35.2 Å². The standard InChI is InChI=1S/C19H23N3O3/c1-19(14-9-10-14)17(24)22(18(25)20-19)12-16(23)21-11-5-8-15(21)13-6-3-2-4-7-13/h2-4,6-7,14-15H,5,8-12H2,1H3,(H,20,25)/t15-,19-/m1/s1. The average molecular weight is 341 g/mol. The van der Waals surface area contributed by atoms with Gasteiger partial charge in [0.1, 0.15) is 12.1 Å². The van der Waals surface area contributed by atoms with Crippen LogP contribution in [0.4, 0.5) is 4.79 Å². The second kappa shape index (κ2) is 5.86. The van der Waals surface area contributed by atoms with E-state index in [2.05, 4.69) is 5.32 Å². The minimum absolute atomic E-state index is 0.0317. The van der Waals surface area contributed by atoms with Gasteiger partial charge >= 0.3 is 6.03 Å². The van der Waals surface area contributed by atoms with Gasteiger partial charge in [0.05, 0.1) is 6.04 Å². The van der Waals surface area contributed by atoms with E-state index >= 15 is 0 Å². The molecule has 1 aromatic carbocycles. The van der Waals surface area contributed by atoms with Gasteiger partial charge in [0.15, 0.2) is 0 Å². The number of benzene rings is 1. The zero-order chi connectivity index (χ0) is 17.6. The van der Waals surface area contributed by atoms with Gasteiger partial charge in [-0.3, -0.25) is 14.5 Å². The Morgan fingerprint density at radius 3 is 2.60 bits per heavy atom. The van der Waals surface area contributed by atoms with Gasteiger partial charge in [-0.25, -0.2) is 4.79 Å². The molecule has 0 bridgehead atoms. The molecule has 4 amide bonds. The van der Waals surface area contributed by atoms with Crippen LogP contribution in [0.3, 0.4) is 0 Å². The van der Waals surface area contributed by atoms with E-state index in [0.29, 0.717) is 6.54 Å². The summed E-state index contributed by atoms with van der Waals surface area (Å²) in [5.41, 5.74) is 0.273. The first-order valence-corrected chi connectivity index (χ1v) is 8.99. The molecule has 2 saturated heterocycles. The molecule has 0 aromatic heterocycles. The molecule has 6 nitrogen and oxygen atoms in total. The number of rotatable bonds is 4. The largest absolute Gasteiger partial charge is 0.334 e. The molecular formula is C19H23N3O3. The number of amides is 4. The molecule has 4 rings (SSSR count). The zero-order valence-corrected chi connectivity index (χ0v) is 14.4. The number of likely N-dealkylation sites (tertiary alicyclic amines) is 1. The first-order valence-electron chi connectivity index (χ1n) is 8.99. The lowest BCUT2D eigenvalue weighted by Gasteiger charge is -2.27. The van der Waals surface area contributed by atoms with Crippen LogP contribution >= 0.6 is 0 Å².